The Morgan fingerprint density at radius 3 is 1.79 bits per heavy atom. The summed E-state index contributed by atoms with van der Waals surface area (Å²) in [7, 11) is 0. The van der Waals surface area contributed by atoms with E-state index in [2.05, 4.69) is 6.92 Å². The Balaban J connectivity index is 4.64. The van der Waals surface area contributed by atoms with Crippen LogP contribution in [0.5, 0.6) is 0 Å². The van der Waals surface area contributed by atoms with E-state index in [0.29, 0.717) is 25.7 Å². The highest BCUT2D eigenvalue weighted by atomic mass is 16.3. The Morgan fingerprint density at radius 2 is 1.23 bits per heavy atom. The number of hydrogen-bond acceptors (Lipinski definition) is 5. The lowest BCUT2D eigenvalue weighted by Crippen LogP contribution is -2.22. The fourth-order valence-corrected chi connectivity index (χ4v) is 4.47. The largest absolute Gasteiger partial charge is 0.393 e. The Morgan fingerprint density at radius 1 is 0.667 bits per heavy atom. The maximum atomic E-state index is 10.7. The van der Waals surface area contributed by atoms with E-state index in [0.717, 1.165) is 43.3 Å². The molecule has 5 N–H and O–H groups in total. The molecule has 0 aromatic heterocycles. The summed E-state index contributed by atoms with van der Waals surface area (Å²) in [5.74, 6) is 0.220. The molecule has 0 radical (unpaired) electrons. The lowest BCUT2D eigenvalue weighted by molar-refractivity contribution is 0.0827. The minimum Gasteiger partial charge on any atom is -0.393 e. The van der Waals surface area contributed by atoms with E-state index in [1.54, 1.807) is 6.08 Å². The second-order valence-electron chi connectivity index (χ2n) is 11.4. The topological polar surface area (TPSA) is 101 Å². The summed E-state index contributed by atoms with van der Waals surface area (Å²) in [5.41, 5.74) is 2.04. The van der Waals surface area contributed by atoms with Crippen LogP contribution in [0.4, 0.5) is 0 Å². The van der Waals surface area contributed by atoms with Gasteiger partial charge in [-0.15, -0.1) is 0 Å². The Labute approximate surface area is 239 Å². The van der Waals surface area contributed by atoms with Crippen LogP contribution in [0.3, 0.4) is 0 Å². The van der Waals surface area contributed by atoms with Crippen LogP contribution >= 0.6 is 0 Å². The van der Waals surface area contributed by atoms with Gasteiger partial charge in [0.15, 0.2) is 0 Å². The van der Waals surface area contributed by atoms with E-state index in [4.69, 9.17) is 0 Å². The Hall–Kier alpha value is -1.50. The van der Waals surface area contributed by atoms with E-state index in [1.807, 2.05) is 84.1 Å². The van der Waals surface area contributed by atoms with Gasteiger partial charge in [-0.1, -0.05) is 93.9 Å². The van der Waals surface area contributed by atoms with Crippen LogP contribution in [0, 0.1) is 17.8 Å². The van der Waals surface area contributed by atoms with Crippen LogP contribution < -0.4 is 0 Å². The molecule has 0 aromatic carbocycles. The number of aliphatic hydroxyl groups excluding tert-OH is 5. The zero-order valence-electron chi connectivity index (χ0n) is 25.8. The van der Waals surface area contributed by atoms with Crippen molar-refractivity contribution in [2.45, 2.75) is 137 Å². The molecule has 0 aliphatic carbocycles. The predicted octanol–water partition coefficient (Wildman–Crippen LogP) is 6.81. The average Bonchev–Trinajstić information content (AvgIpc) is 2.92. The normalized spacial score (nSPS) is 19.9. The first-order valence-electron chi connectivity index (χ1n) is 15.2. The number of aliphatic hydroxyl groups is 5. The fourth-order valence-electron chi connectivity index (χ4n) is 4.47. The monoisotopic (exact) mass is 548 g/mol. The van der Waals surface area contributed by atoms with Crippen molar-refractivity contribution >= 4 is 0 Å². The highest BCUT2D eigenvalue weighted by Gasteiger charge is 2.19. The van der Waals surface area contributed by atoms with Gasteiger partial charge < -0.3 is 25.5 Å². The first kappa shape index (κ1) is 37.5. The van der Waals surface area contributed by atoms with Gasteiger partial charge in [-0.25, -0.2) is 0 Å². The Bertz CT molecular complexity index is 766. The average molecular weight is 549 g/mol. The standard InChI is InChI=1S/C34H60O5/c1-8-11-27(6)32(37)22-14-26(5)15-23-33(38)28(7)17-20-31(36)21-18-29(12-9-2)34(39)24-16-25(4)13-19-30(35)10-3/h8,11,13-16,22,24,27-39H,9-10,12,17-21,23H2,1-7H3/b11-8+,22-14+,24-16+,25-13+,26-15+. The third-order valence-electron chi connectivity index (χ3n) is 7.64. The maximum Gasteiger partial charge on any atom is 0.0783 e. The fraction of sp³-hybridized carbons (Fsp3) is 0.706. The van der Waals surface area contributed by atoms with Gasteiger partial charge in [0, 0.05) is 5.92 Å². The van der Waals surface area contributed by atoms with Gasteiger partial charge >= 0.3 is 0 Å². The van der Waals surface area contributed by atoms with E-state index in [1.165, 1.54) is 0 Å². The molecule has 0 bridgehead atoms. The SMILES string of the molecule is C/C=C/C(C)C(O)/C=C/C(C)=C/CC(O)C(C)CCC(O)CCC(CCC)C(O)/C=C/C(C)=C/CC(O)CC. The summed E-state index contributed by atoms with van der Waals surface area (Å²) in [6, 6.07) is 0. The molecule has 0 heterocycles. The molecule has 0 aromatic rings. The van der Waals surface area contributed by atoms with E-state index >= 15 is 0 Å². The van der Waals surface area contributed by atoms with Gasteiger partial charge in [0.05, 0.1) is 30.5 Å². The summed E-state index contributed by atoms with van der Waals surface area (Å²) in [6.07, 6.45) is 19.5. The molecule has 0 spiro atoms. The zero-order chi connectivity index (χ0) is 29.8. The van der Waals surface area contributed by atoms with E-state index in [9.17, 15) is 25.5 Å². The minimum absolute atomic E-state index is 0.0607. The van der Waals surface area contributed by atoms with Crippen molar-refractivity contribution in [1.82, 2.24) is 0 Å². The van der Waals surface area contributed by atoms with Crippen molar-refractivity contribution < 1.29 is 25.5 Å². The molecule has 39 heavy (non-hydrogen) atoms. The first-order valence-corrected chi connectivity index (χ1v) is 15.2. The molecule has 5 heteroatoms. The lowest BCUT2D eigenvalue weighted by Gasteiger charge is -2.23. The molecule has 0 fully saturated rings. The van der Waals surface area contributed by atoms with Crippen LogP contribution in [0.15, 0.2) is 59.8 Å². The molecule has 0 rings (SSSR count). The van der Waals surface area contributed by atoms with Crippen molar-refractivity contribution in [2.24, 2.45) is 17.8 Å². The molecule has 226 valence electrons. The highest BCUT2D eigenvalue weighted by molar-refractivity contribution is 5.18. The van der Waals surface area contributed by atoms with Gasteiger partial charge in [-0.3, -0.25) is 0 Å². The van der Waals surface area contributed by atoms with E-state index in [-0.39, 0.29) is 23.9 Å². The van der Waals surface area contributed by atoms with Crippen LogP contribution in [-0.4, -0.2) is 56.1 Å². The number of allylic oxidation sites excluding steroid dienone is 5. The molecule has 8 unspecified atom stereocenters. The van der Waals surface area contributed by atoms with Gasteiger partial charge in [0.2, 0.25) is 0 Å². The van der Waals surface area contributed by atoms with Crippen molar-refractivity contribution in [3.05, 3.63) is 59.8 Å². The lowest BCUT2D eigenvalue weighted by atomic mass is 9.88. The van der Waals surface area contributed by atoms with Gasteiger partial charge in [-0.2, -0.15) is 0 Å². The predicted molar refractivity (Wildman–Crippen MR) is 165 cm³/mol. The van der Waals surface area contributed by atoms with E-state index < -0.39 is 24.4 Å². The summed E-state index contributed by atoms with van der Waals surface area (Å²) >= 11 is 0. The van der Waals surface area contributed by atoms with Gasteiger partial charge in [-0.05, 0) is 84.0 Å². The van der Waals surface area contributed by atoms with Crippen molar-refractivity contribution in [2.75, 3.05) is 0 Å². The van der Waals surface area contributed by atoms with Crippen LogP contribution in [0.1, 0.15) is 106 Å². The molecule has 8 atom stereocenters. The summed E-state index contributed by atoms with van der Waals surface area (Å²) in [4.78, 5) is 0. The summed E-state index contributed by atoms with van der Waals surface area (Å²) in [6.45, 7) is 13.9. The molecule has 0 saturated carbocycles. The van der Waals surface area contributed by atoms with Crippen molar-refractivity contribution in [1.29, 1.82) is 0 Å². The summed E-state index contributed by atoms with van der Waals surface area (Å²) < 4.78 is 0. The van der Waals surface area contributed by atoms with Crippen molar-refractivity contribution in [3.63, 3.8) is 0 Å². The molecule has 0 saturated heterocycles. The second kappa shape index (κ2) is 22.2. The molecule has 5 nitrogen and oxygen atoms in total. The van der Waals surface area contributed by atoms with Gasteiger partial charge in [0.25, 0.3) is 0 Å². The Kier molecular flexibility index (Phi) is 21.4. The zero-order valence-corrected chi connectivity index (χ0v) is 25.8. The molecular formula is C34H60O5. The second-order valence-corrected chi connectivity index (χ2v) is 11.4. The highest BCUT2D eigenvalue weighted by Crippen LogP contribution is 2.23. The third kappa shape index (κ3) is 18.5. The number of hydrogen-bond donors (Lipinski definition) is 5. The molecule has 0 amide bonds. The van der Waals surface area contributed by atoms with Crippen LogP contribution in [0.25, 0.3) is 0 Å². The molecule has 0 aliphatic rings. The smallest absolute Gasteiger partial charge is 0.0783 e. The number of rotatable bonds is 21. The minimum atomic E-state index is -0.561. The maximum absolute atomic E-state index is 10.7. The van der Waals surface area contributed by atoms with Crippen LogP contribution in [-0.2, 0) is 0 Å². The summed E-state index contributed by atoms with van der Waals surface area (Å²) in [5, 5.41) is 51.8. The third-order valence-corrected chi connectivity index (χ3v) is 7.64. The van der Waals surface area contributed by atoms with Crippen molar-refractivity contribution in [3.8, 4) is 0 Å². The van der Waals surface area contributed by atoms with Crippen LogP contribution in [0.2, 0.25) is 0 Å². The first-order chi connectivity index (χ1) is 18.4. The molecular weight excluding hydrogens is 488 g/mol. The molecule has 0 aliphatic heterocycles. The van der Waals surface area contributed by atoms with Gasteiger partial charge in [0.1, 0.15) is 0 Å². The quantitative estimate of drug-likeness (QED) is 0.0801.